The van der Waals surface area contributed by atoms with Crippen molar-refractivity contribution in [2.45, 2.75) is 25.7 Å². The summed E-state index contributed by atoms with van der Waals surface area (Å²) in [5.41, 5.74) is 2.66. The van der Waals surface area contributed by atoms with Gasteiger partial charge in [-0.1, -0.05) is 11.6 Å². The number of nitrogens with one attached hydrogen (secondary N) is 3. The molecule has 0 spiro atoms. The van der Waals surface area contributed by atoms with Gasteiger partial charge in [0.25, 0.3) is 0 Å². The molecule has 2 rings (SSSR count). The summed E-state index contributed by atoms with van der Waals surface area (Å²) in [7, 11) is 0. The lowest BCUT2D eigenvalue weighted by atomic mass is 10.4. The van der Waals surface area contributed by atoms with Crippen LogP contribution in [0.5, 0.6) is 0 Å². The first-order chi connectivity index (χ1) is 10.9. The second-order valence-corrected chi connectivity index (χ2v) is 5.31. The lowest BCUT2D eigenvalue weighted by molar-refractivity contribution is -0.143. The van der Waals surface area contributed by atoms with E-state index in [0.29, 0.717) is 19.4 Å². The molecule has 2 heterocycles. The van der Waals surface area contributed by atoms with Crippen molar-refractivity contribution in [2.75, 3.05) is 29.3 Å². The van der Waals surface area contributed by atoms with Gasteiger partial charge in [0, 0.05) is 0 Å². The van der Waals surface area contributed by atoms with Crippen LogP contribution in [-0.4, -0.2) is 47.9 Å². The van der Waals surface area contributed by atoms with E-state index in [9.17, 15) is 9.59 Å². The number of halogens is 1. The van der Waals surface area contributed by atoms with Gasteiger partial charge in [-0.2, -0.15) is 9.97 Å². The van der Waals surface area contributed by atoms with E-state index in [4.69, 9.17) is 25.9 Å². The molecule has 3 N–H and O–H groups in total. The first-order valence-electron chi connectivity index (χ1n) is 6.62. The molecule has 2 amide bonds. The third kappa shape index (κ3) is 4.73. The van der Waals surface area contributed by atoms with E-state index in [2.05, 4.69) is 26.1 Å². The molecule has 10 nitrogen and oxygen atoms in total. The van der Waals surface area contributed by atoms with Crippen molar-refractivity contribution >= 4 is 41.9 Å². The third-order valence-electron chi connectivity index (χ3n) is 2.76. The van der Waals surface area contributed by atoms with E-state index in [1.807, 2.05) is 0 Å². The van der Waals surface area contributed by atoms with Crippen LogP contribution in [-0.2, 0) is 23.9 Å². The van der Waals surface area contributed by atoms with Crippen LogP contribution < -0.4 is 16.1 Å². The van der Waals surface area contributed by atoms with Gasteiger partial charge in [0.2, 0.25) is 18.8 Å². The number of anilines is 3. The summed E-state index contributed by atoms with van der Waals surface area (Å²) >= 11 is 5.92. The van der Waals surface area contributed by atoms with Crippen molar-refractivity contribution < 1.29 is 23.9 Å². The maximum Gasteiger partial charge on any atom is 0.232 e. The monoisotopic (exact) mass is 345 g/mol. The molecule has 0 aromatic carbocycles. The van der Waals surface area contributed by atoms with Gasteiger partial charge in [0.1, 0.15) is 18.4 Å². The van der Waals surface area contributed by atoms with Crippen LogP contribution in [0.25, 0.3) is 0 Å². The van der Waals surface area contributed by atoms with Crippen molar-refractivity contribution in [3.63, 3.8) is 0 Å². The van der Waals surface area contributed by atoms with Crippen LogP contribution in [0.2, 0.25) is 5.15 Å². The number of hydrogen-bond donors (Lipinski definition) is 3. The molecule has 0 saturated carbocycles. The fourth-order valence-electron chi connectivity index (χ4n) is 1.86. The zero-order chi connectivity index (χ0) is 16.9. The Balaban J connectivity index is 2.02. The smallest absolute Gasteiger partial charge is 0.232 e. The normalized spacial score (nSPS) is 19.2. The van der Waals surface area contributed by atoms with Gasteiger partial charge in [-0.25, -0.2) is 5.48 Å². The van der Waals surface area contributed by atoms with Crippen LogP contribution >= 0.6 is 11.6 Å². The van der Waals surface area contributed by atoms with Gasteiger partial charge >= 0.3 is 0 Å². The Morgan fingerprint density at radius 3 is 2.70 bits per heavy atom. The van der Waals surface area contributed by atoms with Crippen LogP contribution in [0.15, 0.2) is 0 Å². The molecule has 126 valence electrons. The van der Waals surface area contributed by atoms with E-state index in [0.717, 1.165) is 0 Å². The molecule has 1 aromatic heterocycles. The summed E-state index contributed by atoms with van der Waals surface area (Å²) in [6.45, 7) is 4.15. The van der Waals surface area contributed by atoms with Gasteiger partial charge in [-0.15, -0.1) is 0 Å². The molecule has 1 fully saturated rings. The Bertz CT molecular complexity index is 585. The first kappa shape index (κ1) is 17.3. The van der Waals surface area contributed by atoms with E-state index < -0.39 is 5.79 Å². The minimum Gasteiger partial charge on any atom is -0.348 e. The van der Waals surface area contributed by atoms with Crippen molar-refractivity contribution in [1.29, 1.82) is 0 Å². The van der Waals surface area contributed by atoms with Crippen molar-refractivity contribution in [3.8, 4) is 0 Å². The highest BCUT2D eigenvalue weighted by Crippen LogP contribution is 2.28. The van der Waals surface area contributed by atoms with Crippen LogP contribution in [0, 0.1) is 0 Å². The summed E-state index contributed by atoms with van der Waals surface area (Å²) in [5, 5.41) is 4.54. The third-order valence-corrected chi connectivity index (χ3v) is 3.04. The summed E-state index contributed by atoms with van der Waals surface area (Å²) < 4.78 is 11.0. The van der Waals surface area contributed by atoms with Crippen LogP contribution in [0.1, 0.15) is 13.8 Å². The minimum absolute atomic E-state index is 0.0471. The van der Waals surface area contributed by atoms with E-state index in [-0.39, 0.29) is 35.3 Å². The Morgan fingerprint density at radius 1 is 1.35 bits per heavy atom. The Kier molecular flexibility index (Phi) is 5.66. The zero-order valence-electron chi connectivity index (χ0n) is 12.5. The number of hydrogen-bond acceptors (Lipinski definition) is 8. The van der Waals surface area contributed by atoms with Crippen LogP contribution in [0.3, 0.4) is 0 Å². The standard InChI is InChI=1S/C12H16ClN5O5/c1-12(2)21-3-7(23-12)4-22-18-10-8(14-5-19)9(13)16-11(17-10)15-6-20/h5-7H,3-4H2,1-2H3,(H,14,19)(H2,15,16,17,18,20)/t7-/m1/s1. The second-order valence-electron chi connectivity index (χ2n) is 4.95. The molecule has 1 aliphatic heterocycles. The van der Waals surface area contributed by atoms with Crippen molar-refractivity contribution in [3.05, 3.63) is 5.15 Å². The Hall–Kier alpha value is -2.01. The van der Waals surface area contributed by atoms with Crippen LogP contribution in [0.4, 0.5) is 17.5 Å². The highest BCUT2D eigenvalue weighted by Gasteiger charge is 2.32. The summed E-state index contributed by atoms with van der Waals surface area (Å²) in [4.78, 5) is 34.2. The number of nitrogens with zero attached hydrogens (tertiary/aromatic N) is 2. The Labute approximate surface area is 136 Å². The lowest BCUT2D eigenvalue weighted by Gasteiger charge is -2.17. The van der Waals surface area contributed by atoms with Crippen molar-refractivity contribution in [2.24, 2.45) is 0 Å². The number of aromatic nitrogens is 2. The molecule has 1 atom stereocenters. The molecule has 1 aromatic rings. The van der Waals surface area contributed by atoms with Gasteiger partial charge in [-0.05, 0) is 13.8 Å². The highest BCUT2D eigenvalue weighted by molar-refractivity contribution is 6.33. The number of carbonyl (C=O) groups excluding carboxylic acids is 2. The molecular weight excluding hydrogens is 330 g/mol. The number of ether oxygens (including phenoxy) is 2. The summed E-state index contributed by atoms with van der Waals surface area (Å²) in [6, 6.07) is 0. The minimum atomic E-state index is -0.655. The van der Waals surface area contributed by atoms with Gasteiger partial charge in [0.05, 0.1) is 6.61 Å². The molecular formula is C12H16ClN5O5. The number of amides is 2. The average Bonchev–Trinajstić information content (AvgIpc) is 2.82. The molecule has 11 heteroatoms. The van der Waals surface area contributed by atoms with Gasteiger partial charge < -0.3 is 14.8 Å². The fraction of sp³-hybridized carbons (Fsp3) is 0.500. The Morgan fingerprint density at radius 2 is 2.09 bits per heavy atom. The quantitative estimate of drug-likeness (QED) is 0.358. The van der Waals surface area contributed by atoms with E-state index in [1.165, 1.54) is 0 Å². The lowest BCUT2D eigenvalue weighted by Crippen LogP contribution is -2.25. The average molecular weight is 346 g/mol. The maximum atomic E-state index is 10.6. The molecule has 0 radical (unpaired) electrons. The molecule has 0 aliphatic carbocycles. The SMILES string of the molecule is CC1(C)OC[C@H](CONc2nc(NC=O)nc(Cl)c2NC=O)O1. The zero-order valence-corrected chi connectivity index (χ0v) is 13.2. The molecule has 0 bridgehead atoms. The predicted molar refractivity (Wildman–Crippen MR) is 80.9 cm³/mol. The number of carbonyl (C=O) groups is 2. The van der Waals surface area contributed by atoms with E-state index >= 15 is 0 Å². The summed E-state index contributed by atoms with van der Waals surface area (Å²) in [6.07, 6.45) is 0.554. The number of rotatable bonds is 8. The molecule has 23 heavy (non-hydrogen) atoms. The van der Waals surface area contributed by atoms with Gasteiger partial charge in [-0.3, -0.25) is 19.7 Å². The molecule has 1 saturated heterocycles. The molecule has 1 aliphatic rings. The van der Waals surface area contributed by atoms with Crippen molar-refractivity contribution in [1.82, 2.24) is 9.97 Å². The highest BCUT2D eigenvalue weighted by atomic mass is 35.5. The predicted octanol–water partition coefficient (Wildman–Crippen LogP) is 0.762. The maximum absolute atomic E-state index is 10.6. The second kappa shape index (κ2) is 7.51. The largest absolute Gasteiger partial charge is 0.348 e. The fourth-order valence-corrected chi connectivity index (χ4v) is 2.08. The van der Waals surface area contributed by atoms with Gasteiger partial charge in [0.15, 0.2) is 16.8 Å². The summed E-state index contributed by atoms with van der Waals surface area (Å²) in [5.74, 6) is -0.619. The van der Waals surface area contributed by atoms with E-state index in [1.54, 1.807) is 13.8 Å². The molecule has 0 unspecified atom stereocenters. The first-order valence-corrected chi connectivity index (χ1v) is 7.00. The topological polar surface area (TPSA) is 124 Å².